The molecule has 0 aliphatic rings. The Kier molecular flexibility index (Phi) is 4.49. The molecule has 18 heavy (non-hydrogen) atoms. The van der Waals surface area contributed by atoms with Crippen molar-refractivity contribution < 1.29 is 4.39 Å². The van der Waals surface area contributed by atoms with E-state index >= 15 is 0 Å². The highest BCUT2D eigenvalue weighted by atomic mass is 79.9. The zero-order valence-corrected chi connectivity index (χ0v) is 12.3. The van der Waals surface area contributed by atoms with E-state index in [9.17, 15) is 4.39 Å². The van der Waals surface area contributed by atoms with Crippen LogP contribution in [-0.2, 0) is 6.54 Å². The fourth-order valence-electron chi connectivity index (χ4n) is 1.49. The number of benzene rings is 2. The van der Waals surface area contributed by atoms with E-state index in [2.05, 4.69) is 21.2 Å². The SMILES string of the molecule is Fc1cccc(CNc2ccc(Br)c(Cl)c2)c1Cl. The lowest BCUT2D eigenvalue weighted by molar-refractivity contribution is 0.626. The fourth-order valence-corrected chi connectivity index (χ4v) is 2.11. The van der Waals surface area contributed by atoms with Gasteiger partial charge in [0.15, 0.2) is 0 Å². The second-order valence-electron chi connectivity index (χ2n) is 3.70. The Labute approximate surface area is 123 Å². The highest BCUT2D eigenvalue weighted by Crippen LogP contribution is 2.26. The van der Waals surface area contributed by atoms with Gasteiger partial charge in [-0.2, -0.15) is 0 Å². The van der Waals surface area contributed by atoms with Crippen molar-refractivity contribution in [2.75, 3.05) is 5.32 Å². The highest BCUT2D eigenvalue weighted by molar-refractivity contribution is 9.10. The van der Waals surface area contributed by atoms with Crippen LogP contribution >= 0.6 is 39.1 Å². The van der Waals surface area contributed by atoms with Crippen LogP contribution in [0.5, 0.6) is 0 Å². The molecule has 0 aliphatic carbocycles. The van der Waals surface area contributed by atoms with Crippen molar-refractivity contribution in [1.82, 2.24) is 0 Å². The molecule has 2 aromatic rings. The standard InChI is InChI=1S/C13H9BrCl2FN/c14-10-5-4-9(6-11(10)15)18-7-8-2-1-3-12(17)13(8)16/h1-6,18H,7H2. The Morgan fingerprint density at radius 3 is 2.67 bits per heavy atom. The Bertz CT molecular complexity index is 575. The van der Waals surface area contributed by atoms with E-state index in [0.717, 1.165) is 10.2 Å². The van der Waals surface area contributed by atoms with Gasteiger partial charge in [-0.3, -0.25) is 0 Å². The van der Waals surface area contributed by atoms with Gasteiger partial charge in [0.05, 0.1) is 10.0 Å². The van der Waals surface area contributed by atoms with Gasteiger partial charge in [0.2, 0.25) is 0 Å². The lowest BCUT2D eigenvalue weighted by Crippen LogP contribution is -2.00. The van der Waals surface area contributed by atoms with Crippen molar-refractivity contribution >= 4 is 44.8 Å². The summed E-state index contributed by atoms with van der Waals surface area (Å²) in [6, 6.07) is 10.3. The molecular weight excluding hydrogens is 340 g/mol. The van der Waals surface area contributed by atoms with Gasteiger partial charge in [-0.1, -0.05) is 35.3 Å². The molecule has 0 fully saturated rings. The van der Waals surface area contributed by atoms with Gasteiger partial charge in [0.1, 0.15) is 5.82 Å². The number of hydrogen-bond donors (Lipinski definition) is 1. The van der Waals surface area contributed by atoms with Crippen molar-refractivity contribution in [2.45, 2.75) is 6.54 Å². The lowest BCUT2D eigenvalue weighted by atomic mass is 10.2. The van der Waals surface area contributed by atoms with Gasteiger partial charge >= 0.3 is 0 Å². The summed E-state index contributed by atoms with van der Waals surface area (Å²) in [6.07, 6.45) is 0. The first-order valence-corrected chi connectivity index (χ1v) is 6.74. The minimum absolute atomic E-state index is 0.146. The average Bonchev–Trinajstić information content (AvgIpc) is 2.35. The predicted molar refractivity (Wildman–Crippen MR) is 77.9 cm³/mol. The minimum Gasteiger partial charge on any atom is -0.381 e. The summed E-state index contributed by atoms with van der Waals surface area (Å²) in [5.74, 6) is -0.412. The molecule has 0 aliphatic heterocycles. The first-order valence-electron chi connectivity index (χ1n) is 5.20. The van der Waals surface area contributed by atoms with Crippen LogP contribution in [0.3, 0.4) is 0 Å². The van der Waals surface area contributed by atoms with Crippen LogP contribution in [0.2, 0.25) is 10.0 Å². The number of rotatable bonds is 3. The van der Waals surface area contributed by atoms with Crippen LogP contribution in [0.4, 0.5) is 10.1 Å². The third-order valence-corrected chi connectivity index (χ3v) is 4.09. The molecule has 0 radical (unpaired) electrons. The maximum atomic E-state index is 13.2. The average molecular weight is 349 g/mol. The Balaban J connectivity index is 2.11. The molecular formula is C13H9BrCl2FN. The highest BCUT2D eigenvalue weighted by Gasteiger charge is 2.05. The Morgan fingerprint density at radius 2 is 1.94 bits per heavy atom. The largest absolute Gasteiger partial charge is 0.381 e. The zero-order valence-electron chi connectivity index (χ0n) is 9.18. The molecule has 94 valence electrons. The molecule has 1 nitrogen and oxygen atoms in total. The normalized spacial score (nSPS) is 10.4. The Morgan fingerprint density at radius 1 is 1.17 bits per heavy atom. The van der Waals surface area contributed by atoms with E-state index in [1.54, 1.807) is 18.2 Å². The van der Waals surface area contributed by atoms with Crippen molar-refractivity contribution in [2.24, 2.45) is 0 Å². The van der Waals surface area contributed by atoms with Gasteiger partial charge in [-0.25, -0.2) is 4.39 Å². The van der Waals surface area contributed by atoms with Gasteiger partial charge in [0.25, 0.3) is 0 Å². The van der Waals surface area contributed by atoms with Crippen LogP contribution in [-0.4, -0.2) is 0 Å². The number of hydrogen-bond acceptors (Lipinski definition) is 1. The molecule has 0 aromatic heterocycles. The molecule has 2 rings (SSSR count). The van der Waals surface area contributed by atoms with E-state index < -0.39 is 5.82 Å². The first-order chi connectivity index (χ1) is 8.58. The lowest BCUT2D eigenvalue weighted by Gasteiger charge is -2.09. The van der Waals surface area contributed by atoms with E-state index in [0.29, 0.717) is 17.1 Å². The minimum atomic E-state index is -0.412. The monoisotopic (exact) mass is 347 g/mol. The molecule has 0 heterocycles. The summed E-state index contributed by atoms with van der Waals surface area (Å²) in [7, 11) is 0. The predicted octanol–water partition coefficient (Wildman–Crippen LogP) is 5.51. The van der Waals surface area contributed by atoms with Crippen molar-refractivity contribution in [3.05, 3.63) is 62.3 Å². The first kappa shape index (κ1) is 13.7. The van der Waals surface area contributed by atoms with Gasteiger partial charge < -0.3 is 5.32 Å². The second-order valence-corrected chi connectivity index (χ2v) is 5.33. The maximum absolute atomic E-state index is 13.2. The third-order valence-electron chi connectivity index (χ3n) is 2.43. The quantitative estimate of drug-likeness (QED) is 0.771. The summed E-state index contributed by atoms with van der Waals surface area (Å²) < 4.78 is 14.1. The van der Waals surface area contributed by atoms with E-state index in [4.69, 9.17) is 23.2 Å². The van der Waals surface area contributed by atoms with Crippen molar-refractivity contribution in [3.8, 4) is 0 Å². The molecule has 0 amide bonds. The molecule has 0 atom stereocenters. The van der Waals surface area contributed by atoms with Gasteiger partial charge in [0, 0.05) is 16.7 Å². The molecule has 5 heteroatoms. The van der Waals surface area contributed by atoms with Crippen LogP contribution < -0.4 is 5.32 Å². The van der Waals surface area contributed by atoms with Crippen LogP contribution in [0.1, 0.15) is 5.56 Å². The summed E-state index contributed by atoms with van der Waals surface area (Å²) in [4.78, 5) is 0. The molecule has 1 N–H and O–H groups in total. The molecule has 0 spiro atoms. The fraction of sp³-hybridized carbons (Fsp3) is 0.0769. The van der Waals surface area contributed by atoms with E-state index in [1.165, 1.54) is 6.07 Å². The maximum Gasteiger partial charge on any atom is 0.142 e. The molecule has 0 saturated carbocycles. The van der Waals surface area contributed by atoms with Crippen molar-refractivity contribution in [1.29, 1.82) is 0 Å². The second kappa shape index (κ2) is 5.91. The third kappa shape index (κ3) is 3.16. The summed E-state index contributed by atoms with van der Waals surface area (Å²) in [5, 5.41) is 3.90. The smallest absolute Gasteiger partial charge is 0.142 e. The summed E-state index contributed by atoms with van der Waals surface area (Å²) >= 11 is 15.2. The van der Waals surface area contributed by atoms with Crippen LogP contribution in [0, 0.1) is 5.82 Å². The number of nitrogens with one attached hydrogen (secondary N) is 1. The van der Waals surface area contributed by atoms with Gasteiger partial charge in [-0.05, 0) is 45.8 Å². The summed E-state index contributed by atoms with van der Waals surface area (Å²) in [6.45, 7) is 0.439. The van der Waals surface area contributed by atoms with E-state index in [-0.39, 0.29) is 5.02 Å². The summed E-state index contributed by atoms with van der Waals surface area (Å²) in [5.41, 5.74) is 1.55. The Hall–Kier alpha value is -0.770. The molecule has 0 bridgehead atoms. The molecule has 2 aromatic carbocycles. The topological polar surface area (TPSA) is 12.0 Å². The molecule has 0 unspecified atom stereocenters. The van der Waals surface area contributed by atoms with Crippen LogP contribution in [0.25, 0.3) is 0 Å². The van der Waals surface area contributed by atoms with Crippen LogP contribution in [0.15, 0.2) is 40.9 Å². The zero-order chi connectivity index (χ0) is 13.1. The van der Waals surface area contributed by atoms with E-state index in [1.807, 2.05) is 12.1 Å². The van der Waals surface area contributed by atoms with Gasteiger partial charge in [-0.15, -0.1) is 0 Å². The van der Waals surface area contributed by atoms with Crippen molar-refractivity contribution in [3.63, 3.8) is 0 Å². The number of anilines is 1. The molecule has 0 saturated heterocycles. The number of halogens is 4.